The van der Waals surface area contributed by atoms with E-state index in [0.29, 0.717) is 18.6 Å². The van der Waals surface area contributed by atoms with Crippen LogP contribution in [0.3, 0.4) is 0 Å². The number of rotatable bonds is 4. The van der Waals surface area contributed by atoms with Crippen molar-refractivity contribution in [3.05, 3.63) is 29.8 Å². The second-order valence-corrected chi connectivity index (χ2v) is 5.61. The maximum absolute atomic E-state index is 6.05. The Morgan fingerprint density at radius 3 is 2.50 bits per heavy atom. The molecule has 3 N–H and O–H groups in total. The standard InChI is InChI=1S/C15H24N2O/c1-10(2)12-4-6-13(7-5-12)18-9-15-14(16)8-11(3)17-15/h4-7,10-11,14-15,17H,8-9,16H2,1-3H3. The molecule has 1 aromatic carbocycles. The largest absolute Gasteiger partial charge is 0.492 e. The van der Waals surface area contributed by atoms with Gasteiger partial charge in [-0.3, -0.25) is 0 Å². The summed E-state index contributed by atoms with van der Waals surface area (Å²) in [5.41, 5.74) is 7.39. The minimum atomic E-state index is 0.204. The summed E-state index contributed by atoms with van der Waals surface area (Å²) >= 11 is 0. The molecule has 0 amide bonds. The maximum Gasteiger partial charge on any atom is 0.119 e. The first kappa shape index (κ1) is 13.4. The van der Waals surface area contributed by atoms with Crippen molar-refractivity contribution in [3.63, 3.8) is 0 Å². The maximum atomic E-state index is 6.05. The predicted molar refractivity (Wildman–Crippen MR) is 75.0 cm³/mol. The molecule has 3 unspecified atom stereocenters. The molecule has 1 saturated heterocycles. The fraction of sp³-hybridized carbons (Fsp3) is 0.600. The molecule has 1 aliphatic heterocycles. The Bertz CT molecular complexity index is 375. The molecule has 0 bridgehead atoms. The van der Waals surface area contributed by atoms with Crippen molar-refractivity contribution in [2.45, 2.75) is 51.2 Å². The topological polar surface area (TPSA) is 47.3 Å². The van der Waals surface area contributed by atoms with E-state index in [1.165, 1.54) is 5.56 Å². The van der Waals surface area contributed by atoms with Gasteiger partial charge in [0.25, 0.3) is 0 Å². The van der Waals surface area contributed by atoms with Gasteiger partial charge in [0.05, 0.1) is 6.04 Å². The van der Waals surface area contributed by atoms with Crippen LogP contribution in [0.5, 0.6) is 5.75 Å². The van der Waals surface area contributed by atoms with Crippen LogP contribution < -0.4 is 15.8 Å². The van der Waals surface area contributed by atoms with Crippen molar-refractivity contribution in [1.29, 1.82) is 0 Å². The molecule has 1 heterocycles. The molecule has 3 atom stereocenters. The number of nitrogens with one attached hydrogen (secondary N) is 1. The van der Waals surface area contributed by atoms with Gasteiger partial charge in [0.2, 0.25) is 0 Å². The van der Waals surface area contributed by atoms with Crippen LogP contribution in [0.15, 0.2) is 24.3 Å². The fourth-order valence-corrected chi connectivity index (χ4v) is 2.44. The van der Waals surface area contributed by atoms with E-state index in [9.17, 15) is 0 Å². The molecule has 0 spiro atoms. The second-order valence-electron chi connectivity index (χ2n) is 5.61. The minimum Gasteiger partial charge on any atom is -0.492 e. The van der Waals surface area contributed by atoms with E-state index in [1.807, 2.05) is 12.1 Å². The van der Waals surface area contributed by atoms with Crippen molar-refractivity contribution in [1.82, 2.24) is 5.32 Å². The first-order valence-corrected chi connectivity index (χ1v) is 6.80. The molecule has 2 rings (SSSR count). The van der Waals surface area contributed by atoms with E-state index in [0.717, 1.165) is 12.2 Å². The lowest BCUT2D eigenvalue weighted by molar-refractivity contribution is 0.265. The second kappa shape index (κ2) is 5.72. The number of hydrogen-bond donors (Lipinski definition) is 2. The van der Waals surface area contributed by atoms with Crippen molar-refractivity contribution < 1.29 is 4.74 Å². The van der Waals surface area contributed by atoms with Gasteiger partial charge in [0, 0.05) is 12.1 Å². The van der Waals surface area contributed by atoms with E-state index in [4.69, 9.17) is 10.5 Å². The van der Waals surface area contributed by atoms with E-state index in [1.54, 1.807) is 0 Å². The summed E-state index contributed by atoms with van der Waals surface area (Å²) in [4.78, 5) is 0. The summed E-state index contributed by atoms with van der Waals surface area (Å²) in [6.45, 7) is 7.20. The third kappa shape index (κ3) is 3.24. The van der Waals surface area contributed by atoms with E-state index in [2.05, 4.69) is 38.2 Å². The Morgan fingerprint density at radius 2 is 2.00 bits per heavy atom. The predicted octanol–water partition coefficient (Wildman–Crippen LogP) is 2.27. The quantitative estimate of drug-likeness (QED) is 0.859. The lowest BCUT2D eigenvalue weighted by Crippen LogP contribution is -2.41. The van der Waals surface area contributed by atoms with Gasteiger partial charge in [0.15, 0.2) is 0 Å². The molecule has 0 aliphatic carbocycles. The van der Waals surface area contributed by atoms with Gasteiger partial charge in [0.1, 0.15) is 12.4 Å². The Kier molecular flexibility index (Phi) is 4.25. The van der Waals surface area contributed by atoms with Crippen LogP contribution in [0.25, 0.3) is 0 Å². The third-order valence-corrected chi connectivity index (χ3v) is 3.62. The highest BCUT2D eigenvalue weighted by molar-refractivity contribution is 5.28. The zero-order valence-electron chi connectivity index (χ0n) is 11.5. The van der Waals surface area contributed by atoms with Crippen LogP contribution in [0.2, 0.25) is 0 Å². The first-order valence-electron chi connectivity index (χ1n) is 6.80. The van der Waals surface area contributed by atoms with Gasteiger partial charge < -0.3 is 15.8 Å². The Balaban J connectivity index is 1.86. The normalized spacial score (nSPS) is 27.7. The third-order valence-electron chi connectivity index (χ3n) is 3.62. The van der Waals surface area contributed by atoms with Gasteiger partial charge in [-0.05, 0) is 37.0 Å². The molecule has 18 heavy (non-hydrogen) atoms. The van der Waals surface area contributed by atoms with E-state index >= 15 is 0 Å². The van der Waals surface area contributed by atoms with Gasteiger partial charge in [-0.25, -0.2) is 0 Å². The van der Waals surface area contributed by atoms with Gasteiger partial charge in [-0.1, -0.05) is 26.0 Å². The van der Waals surface area contributed by atoms with Crippen molar-refractivity contribution in [2.24, 2.45) is 5.73 Å². The summed E-state index contributed by atoms with van der Waals surface area (Å²) in [7, 11) is 0. The zero-order chi connectivity index (χ0) is 13.1. The number of benzene rings is 1. The Morgan fingerprint density at radius 1 is 1.33 bits per heavy atom. The summed E-state index contributed by atoms with van der Waals surface area (Å²) in [5, 5.41) is 3.45. The highest BCUT2D eigenvalue weighted by Gasteiger charge is 2.28. The molecular weight excluding hydrogens is 224 g/mol. The summed E-state index contributed by atoms with van der Waals surface area (Å²) in [6.07, 6.45) is 1.03. The van der Waals surface area contributed by atoms with Crippen LogP contribution in [0.1, 0.15) is 38.7 Å². The van der Waals surface area contributed by atoms with Crippen LogP contribution in [-0.2, 0) is 0 Å². The minimum absolute atomic E-state index is 0.204. The molecule has 100 valence electrons. The molecule has 0 radical (unpaired) electrons. The lowest BCUT2D eigenvalue weighted by Gasteiger charge is -2.17. The monoisotopic (exact) mass is 248 g/mol. The lowest BCUT2D eigenvalue weighted by atomic mass is 10.0. The van der Waals surface area contributed by atoms with Crippen LogP contribution in [-0.4, -0.2) is 24.7 Å². The van der Waals surface area contributed by atoms with Crippen LogP contribution in [0, 0.1) is 0 Å². The number of hydrogen-bond acceptors (Lipinski definition) is 3. The van der Waals surface area contributed by atoms with Gasteiger partial charge >= 0.3 is 0 Å². The smallest absolute Gasteiger partial charge is 0.119 e. The van der Waals surface area contributed by atoms with Crippen LogP contribution in [0.4, 0.5) is 0 Å². The van der Waals surface area contributed by atoms with Crippen LogP contribution >= 0.6 is 0 Å². The zero-order valence-corrected chi connectivity index (χ0v) is 11.5. The van der Waals surface area contributed by atoms with Gasteiger partial charge in [-0.2, -0.15) is 0 Å². The average Bonchev–Trinajstić information content (AvgIpc) is 2.66. The Hall–Kier alpha value is -1.06. The molecule has 3 heteroatoms. The first-order chi connectivity index (χ1) is 8.56. The number of nitrogens with two attached hydrogens (primary N) is 1. The van der Waals surface area contributed by atoms with Gasteiger partial charge in [-0.15, -0.1) is 0 Å². The highest BCUT2D eigenvalue weighted by atomic mass is 16.5. The molecule has 0 saturated carbocycles. The van der Waals surface area contributed by atoms with Crippen molar-refractivity contribution >= 4 is 0 Å². The molecule has 0 aromatic heterocycles. The molecule has 1 aromatic rings. The molecule has 1 aliphatic rings. The SMILES string of the molecule is CC1CC(N)C(COc2ccc(C(C)C)cc2)N1. The summed E-state index contributed by atoms with van der Waals surface area (Å²) < 4.78 is 5.80. The summed E-state index contributed by atoms with van der Waals surface area (Å²) in [5.74, 6) is 1.48. The molecule has 3 nitrogen and oxygen atoms in total. The Labute approximate surface area is 110 Å². The number of ether oxygens (including phenoxy) is 1. The van der Waals surface area contributed by atoms with E-state index < -0.39 is 0 Å². The molecule has 1 fully saturated rings. The van der Waals surface area contributed by atoms with Crippen molar-refractivity contribution in [3.8, 4) is 5.75 Å². The van der Waals surface area contributed by atoms with E-state index in [-0.39, 0.29) is 12.1 Å². The fourth-order valence-electron chi connectivity index (χ4n) is 2.44. The average molecular weight is 248 g/mol. The summed E-state index contributed by atoms with van der Waals surface area (Å²) in [6, 6.07) is 9.31. The molecular formula is C15H24N2O. The highest BCUT2D eigenvalue weighted by Crippen LogP contribution is 2.19. The van der Waals surface area contributed by atoms with Crippen molar-refractivity contribution in [2.75, 3.05) is 6.61 Å².